The molecule has 9 heteroatoms. The van der Waals surface area contributed by atoms with Crippen LogP contribution in [0.2, 0.25) is 0 Å². The molecule has 3 amide bonds. The minimum Gasteiger partial charge on any atom is -0.444 e. The lowest BCUT2D eigenvalue weighted by Gasteiger charge is -2.22. The number of rotatable bonds is 4. The Hall–Kier alpha value is -2.03. The lowest BCUT2D eigenvalue weighted by Crippen LogP contribution is -2.39. The number of nitrogens with zero attached hydrogens (tertiary/aromatic N) is 2. The van der Waals surface area contributed by atoms with Gasteiger partial charge in [0, 0.05) is 39.1 Å². The Morgan fingerprint density at radius 3 is 2.44 bits per heavy atom. The van der Waals surface area contributed by atoms with Crippen LogP contribution in [0, 0.1) is 0 Å². The van der Waals surface area contributed by atoms with Crippen molar-refractivity contribution < 1.29 is 23.5 Å². The molecule has 2 rings (SSSR count). The molecule has 1 aromatic rings. The van der Waals surface area contributed by atoms with E-state index < -0.39 is 11.7 Å². The Morgan fingerprint density at radius 2 is 1.81 bits per heavy atom. The smallest absolute Gasteiger partial charge is 0.407 e. The van der Waals surface area contributed by atoms with Crippen LogP contribution >= 0.6 is 15.9 Å². The monoisotopic (exact) mass is 443 g/mol. The zero-order valence-electron chi connectivity index (χ0n) is 15.9. The highest BCUT2D eigenvalue weighted by atomic mass is 79.9. The minimum atomic E-state index is -0.571. The molecule has 1 N–H and O–H groups in total. The van der Waals surface area contributed by atoms with E-state index in [-0.39, 0.29) is 30.5 Å². The first-order valence-electron chi connectivity index (χ1n) is 8.95. The summed E-state index contributed by atoms with van der Waals surface area (Å²) in [5, 5.41) is 2.59. The number of nitrogens with one attached hydrogen (secondary N) is 1. The van der Waals surface area contributed by atoms with E-state index in [1.54, 1.807) is 42.7 Å². The van der Waals surface area contributed by atoms with E-state index in [0.29, 0.717) is 37.3 Å². The van der Waals surface area contributed by atoms with Gasteiger partial charge in [-0.2, -0.15) is 0 Å². The van der Waals surface area contributed by atoms with Crippen molar-refractivity contribution >= 4 is 33.8 Å². The summed E-state index contributed by atoms with van der Waals surface area (Å²) < 4.78 is 11.0. The van der Waals surface area contributed by atoms with Gasteiger partial charge in [-0.3, -0.25) is 9.59 Å². The summed E-state index contributed by atoms with van der Waals surface area (Å²) in [6.07, 6.45) is 0.351. The molecule has 1 aliphatic rings. The van der Waals surface area contributed by atoms with Gasteiger partial charge in [-0.1, -0.05) is 0 Å². The van der Waals surface area contributed by atoms with E-state index in [9.17, 15) is 14.4 Å². The van der Waals surface area contributed by atoms with E-state index in [1.165, 1.54) is 0 Å². The molecule has 8 nitrogen and oxygen atoms in total. The number of alkyl carbamates (subject to hydrolysis) is 1. The van der Waals surface area contributed by atoms with Gasteiger partial charge in [-0.15, -0.1) is 0 Å². The zero-order valence-corrected chi connectivity index (χ0v) is 17.5. The maximum atomic E-state index is 12.4. The van der Waals surface area contributed by atoms with Crippen LogP contribution in [0.3, 0.4) is 0 Å². The Balaban J connectivity index is 1.77. The summed E-state index contributed by atoms with van der Waals surface area (Å²) in [6.45, 7) is 7.61. The highest BCUT2D eigenvalue weighted by Gasteiger charge is 2.24. The van der Waals surface area contributed by atoms with Crippen molar-refractivity contribution in [2.24, 2.45) is 0 Å². The van der Waals surface area contributed by atoms with E-state index in [2.05, 4.69) is 21.2 Å². The normalized spacial score (nSPS) is 15.3. The second-order valence-electron chi connectivity index (χ2n) is 7.31. The lowest BCUT2D eigenvalue weighted by atomic mass is 10.2. The van der Waals surface area contributed by atoms with Gasteiger partial charge < -0.3 is 24.3 Å². The fraction of sp³-hybridized carbons (Fsp3) is 0.611. The molecular formula is C18H26BrN3O5. The molecule has 1 aliphatic heterocycles. The fourth-order valence-electron chi connectivity index (χ4n) is 2.70. The molecule has 1 aromatic heterocycles. The first-order chi connectivity index (χ1) is 12.7. The van der Waals surface area contributed by atoms with Crippen LogP contribution in [0.25, 0.3) is 0 Å². The Labute approximate surface area is 167 Å². The van der Waals surface area contributed by atoms with Gasteiger partial charge in [0.1, 0.15) is 5.60 Å². The van der Waals surface area contributed by atoms with E-state index in [0.717, 1.165) is 0 Å². The number of halogens is 1. The van der Waals surface area contributed by atoms with E-state index >= 15 is 0 Å². The summed E-state index contributed by atoms with van der Waals surface area (Å²) in [6, 6.07) is 3.31. The second-order valence-corrected chi connectivity index (χ2v) is 8.09. The van der Waals surface area contributed by atoms with Gasteiger partial charge in [-0.25, -0.2) is 4.79 Å². The van der Waals surface area contributed by atoms with Crippen molar-refractivity contribution in [3.8, 4) is 0 Å². The van der Waals surface area contributed by atoms with Crippen LogP contribution in [-0.2, 0) is 9.53 Å². The average Bonchev–Trinajstić information content (AvgIpc) is 2.85. The largest absolute Gasteiger partial charge is 0.444 e. The summed E-state index contributed by atoms with van der Waals surface area (Å²) in [4.78, 5) is 39.9. The Bertz CT molecular complexity index is 683. The standard InChI is InChI=1S/C18H26BrN3O5/c1-18(2,3)27-17(25)20-8-7-15(23)21-9-4-10-22(12-11-21)16(24)13-5-6-14(19)26-13/h5-6H,4,7-12H2,1-3H3,(H,20,25). The maximum absolute atomic E-state index is 12.4. The van der Waals surface area contributed by atoms with E-state index in [1.807, 2.05) is 0 Å². The lowest BCUT2D eigenvalue weighted by molar-refractivity contribution is -0.130. The molecule has 0 aromatic carbocycles. The van der Waals surface area contributed by atoms with Gasteiger partial charge in [0.15, 0.2) is 10.4 Å². The molecule has 0 bridgehead atoms. The predicted octanol–water partition coefficient (Wildman–Crippen LogP) is 2.63. The number of ether oxygens (including phenoxy) is 1. The fourth-order valence-corrected chi connectivity index (χ4v) is 3.01. The Kier molecular flexibility index (Phi) is 7.29. The highest BCUT2D eigenvalue weighted by Crippen LogP contribution is 2.17. The second kappa shape index (κ2) is 9.25. The van der Waals surface area contributed by atoms with Crippen molar-refractivity contribution in [1.29, 1.82) is 0 Å². The minimum absolute atomic E-state index is 0.0545. The first-order valence-corrected chi connectivity index (χ1v) is 9.74. The molecule has 0 atom stereocenters. The number of hydrogen-bond acceptors (Lipinski definition) is 5. The van der Waals surface area contributed by atoms with Gasteiger partial charge in [0.05, 0.1) is 0 Å². The molecule has 0 unspecified atom stereocenters. The summed E-state index contributed by atoms with van der Waals surface area (Å²) in [7, 11) is 0. The summed E-state index contributed by atoms with van der Waals surface area (Å²) in [5.74, 6) is 0.0471. The summed E-state index contributed by atoms with van der Waals surface area (Å²) >= 11 is 3.19. The third-order valence-corrected chi connectivity index (χ3v) is 4.35. The summed E-state index contributed by atoms with van der Waals surface area (Å²) in [5.41, 5.74) is -0.571. The molecular weight excluding hydrogens is 418 g/mol. The number of furan rings is 1. The van der Waals surface area contributed by atoms with Crippen LogP contribution in [0.1, 0.15) is 44.2 Å². The van der Waals surface area contributed by atoms with Gasteiger partial charge in [-0.05, 0) is 55.3 Å². The number of hydrogen-bond donors (Lipinski definition) is 1. The van der Waals surface area contributed by atoms with Crippen LogP contribution in [0.5, 0.6) is 0 Å². The van der Waals surface area contributed by atoms with E-state index in [4.69, 9.17) is 9.15 Å². The van der Waals surface area contributed by atoms with Crippen LogP contribution in [0.15, 0.2) is 21.2 Å². The van der Waals surface area contributed by atoms with Crippen molar-refractivity contribution in [2.45, 2.75) is 39.2 Å². The third kappa shape index (κ3) is 6.89. The average molecular weight is 444 g/mol. The number of amides is 3. The van der Waals surface area contributed by atoms with Crippen LogP contribution in [-0.4, -0.2) is 66.0 Å². The molecule has 2 heterocycles. The molecule has 0 spiro atoms. The van der Waals surface area contributed by atoms with Gasteiger partial charge in [0.25, 0.3) is 5.91 Å². The van der Waals surface area contributed by atoms with Crippen molar-refractivity contribution in [3.05, 3.63) is 22.6 Å². The third-order valence-electron chi connectivity index (χ3n) is 3.93. The van der Waals surface area contributed by atoms with Crippen LogP contribution < -0.4 is 5.32 Å². The molecule has 0 aliphatic carbocycles. The highest BCUT2D eigenvalue weighted by molar-refractivity contribution is 9.10. The van der Waals surface area contributed by atoms with Gasteiger partial charge >= 0.3 is 6.09 Å². The molecule has 1 saturated heterocycles. The van der Waals surface area contributed by atoms with Crippen molar-refractivity contribution in [3.63, 3.8) is 0 Å². The molecule has 1 fully saturated rings. The maximum Gasteiger partial charge on any atom is 0.407 e. The van der Waals surface area contributed by atoms with Crippen molar-refractivity contribution in [2.75, 3.05) is 32.7 Å². The van der Waals surface area contributed by atoms with Gasteiger partial charge in [0.2, 0.25) is 5.91 Å². The number of carbonyl (C=O) groups excluding carboxylic acids is 3. The quantitative estimate of drug-likeness (QED) is 0.771. The van der Waals surface area contributed by atoms with Crippen LogP contribution in [0.4, 0.5) is 4.79 Å². The zero-order chi connectivity index (χ0) is 20.0. The molecule has 0 saturated carbocycles. The topological polar surface area (TPSA) is 92.1 Å². The number of carbonyl (C=O) groups is 3. The van der Waals surface area contributed by atoms with Crippen molar-refractivity contribution in [1.82, 2.24) is 15.1 Å². The molecule has 27 heavy (non-hydrogen) atoms. The first kappa shape index (κ1) is 21.3. The SMILES string of the molecule is CC(C)(C)OC(=O)NCCC(=O)N1CCCN(C(=O)c2ccc(Br)o2)CC1. The molecule has 0 radical (unpaired) electrons. The molecule has 150 valence electrons. The predicted molar refractivity (Wildman–Crippen MR) is 102 cm³/mol. The Morgan fingerprint density at radius 1 is 1.15 bits per heavy atom.